The molecular weight excluding hydrogens is 334 g/mol. The Balaban J connectivity index is 1.90. The molecule has 0 aliphatic carbocycles. The van der Waals surface area contributed by atoms with Crippen LogP contribution in [0.25, 0.3) is 0 Å². The number of ether oxygens (including phenoxy) is 2. The van der Waals surface area contributed by atoms with Gasteiger partial charge in [-0.25, -0.2) is 13.1 Å². The Labute approximate surface area is 140 Å². The van der Waals surface area contributed by atoms with Crippen molar-refractivity contribution in [3.05, 3.63) is 41.3 Å². The van der Waals surface area contributed by atoms with Crippen LogP contribution in [-0.2, 0) is 10.0 Å². The van der Waals surface area contributed by atoms with Crippen molar-refractivity contribution in [1.82, 2.24) is 4.72 Å². The van der Waals surface area contributed by atoms with Gasteiger partial charge in [-0.2, -0.15) is 0 Å². The average molecular weight is 353 g/mol. The summed E-state index contributed by atoms with van der Waals surface area (Å²) in [6, 6.07) is 8.57. The minimum Gasteiger partial charge on any atom is -0.486 e. The van der Waals surface area contributed by atoms with Crippen molar-refractivity contribution in [2.75, 3.05) is 13.2 Å². The van der Waals surface area contributed by atoms with Gasteiger partial charge in [0.05, 0.1) is 0 Å². The van der Waals surface area contributed by atoms with Gasteiger partial charge in [0.15, 0.2) is 11.5 Å². The van der Waals surface area contributed by atoms with E-state index in [0.29, 0.717) is 28.9 Å². The van der Waals surface area contributed by atoms with Gasteiger partial charge in [0.1, 0.15) is 17.4 Å². The second kappa shape index (κ2) is 6.51. The molecule has 7 heteroatoms. The molecule has 0 saturated heterocycles. The molecule has 1 N–H and O–H groups in total. The zero-order valence-corrected chi connectivity index (χ0v) is 14.6. The van der Waals surface area contributed by atoms with E-state index in [0.717, 1.165) is 5.56 Å². The number of thiophene rings is 1. The topological polar surface area (TPSA) is 64.6 Å². The summed E-state index contributed by atoms with van der Waals surface area (Å²) in [4.78, 5) is 0. The fourth-order valence-corrected chi connectivity index (χ4v) is 4.87. The molecule has 0 fully saturated rings. The maximum absolute atomic E-state index is 12.5. The van der Waals surface area contributed by atoms with E-state index in [-0.39, 0.29) is 12.0 Å². The number of benzene rings is 1. The third-order valence-electron chi connectivity index (χ3n) is 3.63. The van der Waals surface area contributed by atoms with Crippen LogP contribution in [0.2, 0.25) is 0 Å². The lowest BCUT2D eigenvalue weighted by Crippen LogP contribution is -2.31. The second-order valence-corrected chi connectivity index (χ2v) is 8.57. The summed E-state index contributed by atoms with van der Waals surface area (Å²) in [7, 11) is -3.53. The third kappa shape index (κ3) is 3.52. The van der Waals surface area contributed by atoms with Crippen molar-refractivity contribution in [2.45, 2.75) is 24.1 Å². The SMILES string of the molecule is CC(C)[C@@H](NS(=O)(=O)c1cccs1)c1ccc2c(c1)OCCO2. The first-order chi connectivity index (χ1) is 11.0. The molecule has 5 nitrogen and oxygen atoms in total. The molecule has 0 radical (unpaired) electrons. The van der Waals surface area contributed by atoms with E-state index < -0.39 is 10.0 Å². The summed E-state index contributed by atoms with van der Waals surface area (Å²) in [5, 5.41) is 1.75. The number of hydrogen-bond donors (Lipinski definition) is 1. The summed E-state index contributed by atoms with van der Waals surface area (Å²) in [6.07, 6.45) is 0. The van der Waals surface area contributed by atoms with E-state index in [1.165, 1.54) is 11.3 Å². The van der Waals surface area contributed by atoms with Crippen LogP contribution in [0.4, 0.5) is 0 Å². The van der Waals surface area contributed by atoms with Gasteiger partial charge in [-0.05, 0) is 35.1 Å². The molecule has 1 aliphatic rings. The fourth-order valence-electron chi connectivity index (χ4n) is 2.48. The molecular formula is C16H19NO4S2. The lowest BCUT2D eigenvalue weighted by molar-refractivity contribution is 0.171. The van der Waals surface area contributed by atoms with Crippen LogP contribution in [0.5, 0.6) is 11.5 Å². The van der Waals surface area contributed by atoms with Gasteiger partial charge in [-0.15, -0.1) is 11.3 Å². The Morgan fingerprint density at radius 3 is 2.52 bits per heavy atom. The molecule has 1 aromatic heterocycles. The molecule has 1 aliphatic heterocycles. The van der Waals surface area contributed by atoms with Crippen molar-refractivity contribution in [2.24, 2.45) is 5.92 Å². The number of rotatable bonds is 5. The van der Waals surface area contributed by atoms with Gasteiger partial charge in [0, 0.05) is 6.04 Å². The van der Waals surface area contributed by atoms with Gasteiger partial charge in [-0.1, -0.05) is 26.0 Å². The van der Waals surface area contributed by atoms with E-state index >= 15 is 0 Å². The van der Waals surface area contributed by atoms with Crippen LogP contribution in [-0.4, -0.2) is 21.6 Å². The lowest BCUT2D eigenvalue weighted by Gasteiger charge is -2.25. The summed E-state index contributed by atoms with van der Waals surface area (Å²) < 4.78 is 39.3. The van der Waals surface area contributed by atoms with Gasteiger partial charge in [0.25, 0.3) is 10.0 Å². The first-order valence-electron chi connectivity index (χ1n) is 7.43. The zero-order chi connectivity index (χ0) is 16.4. The molecule has 3 rings (SSSR count). The highest BCUT2D eigenvalue weighted by atomic mass is 32.2. The van der Waals surface area contributed by atoms with Crippen molar-refractivity contribution < 1.29 is 17.9 Å². The van der Waals surface area contributed by atoms with Crippen molar-refractivity contribution in [1.29, 1.82) is 0 Å². The van der Waals surface area contributed by atoms with Gasteiger partial charge in [-0.3, -0.25) is 0 Å². The Morgan fingerprint density at radius 2 is 1.87 bits per heavy atom. The predicted octanol–water partition coefficient (Wildman–Crippen LogP) is 3.19. The van der Waals surface area contributed by atoms with Crippen molar-refractivity contribution in [3.63, 3.8) is 0 Å². The van der Waals surface area contributed by atoms with E-state index in [2.05, 4.69) is 4.72 Å². The maximum atomic E-state index is 12.5. The molecule has 0 bridgehead atoms. The van der Waals surface area contributed by atoms with E-state index in [1.807, 2.05) is 32.0 Å². The van der Waals surface area contributed by atoms with Crippen LogP contribution in [0.15, 0.2) is 39.9 Å². The Bertz CT molecular complexity index is 769. The molecule has 0 amide bonds. The highest BCUT2D eigenvalue weighted by Crippen LogP contribution is 2.35. The minimum absolute atomic E-state index is 0.0901. The van der Waals surface area contributed by atoms with E-state index in [1.54, 1.807) is 17.5 Å². The van der Waals surface area contributed by atoms with Crippen molar-refractivity contribution in [3.8, 4) is 11.5 Å². The van der Waals surface area contributed by atoms with Crippen molar-refractivity contribution >= 4 is 21.4 Å². The summed E-state index contributed by atoms with van der Waals surface area (Å²) in [6.45, 7) is 5.01. The predicted molar refractivity (Wildman–Crippen MR) is 89.7 cm³/mol. The van der Waals surface area contributed by atoms with Crippen LogP contribution < -0.4 is 14.2 Å². The molecule has 0 saturated carbocycles. The molecule has 1 aromatic carbocycles. The quantitative estimate of drug-likeness (QED) is 0.896. The molecule has 1 atom stereocenters. The molecule has 124 valence electrons. The number of fused-ring (bicyclic) bond motifs is 1. The number of hydrogen-bond acceptors (Lipinski definition) is 5. The maximum Gasteiger partial charge on any atom is 0.250 e. The van der Waals surface area contributed by atoms with E-state index in [9.17, 15) is 8.42 Å². The highest BCUT2D eigenvalue weighted by molar-refractivity contribution is 7.91. The third-order valence-corrected chi connectivity index (χ3v) is 6.47. The Kier molecular flexibility index (Phi) is 4.61. The Morgan fingerprint density at radius 1 is 1.13 bits per heavy atom. The number of sulfonamides is 1. The standard InChI is InChI=1S/C16H19NO4S2/c1-11(2)16(17-23(18,19)15-4-3-9-22-15)12-5-6-13-14(10-12)21-8-7-20-13/h3-6,9-11,16-17H,7-8H2,1-2H3/t16-/m1/s1. The minimum atomic E-state index is -3.53. The van der Waals surface area contributed by atoms with Crippen LogP contribution in [0.1, 0.15) is 25.5 Å². The van der Waals surface area contributed by atoms with Crippen LogP contribution in [0, 0.1) is 5.92 Å². The molecule has 23 heavy (non-hydrogen) atoms. The zero-order valence-electron chi connectivity index (χ0n) is 13.0. The monoisotopic (exact) mass is 353 g/mol. The lowest BCUT2D eigenvalue weighted by atomic mass is 9.97. The normalized spacial score (nSPS) is 15.6. The summed E-state index contributed by atoms with van der Waals surface area (Å²) >= 11 is 1.21. The average Bonchev–Trinajstić information content (AvgIpc) is 3.07. The smallest absolute Gasteiger partial charge is 0.250 e. The summed E-state index contributed by atoms with van der Waals surface area (Å²) in [5.74, 6) is 1.45. The summed E-state index contributed by atoms with van der Waals surface area (Å²) in [5.41, 5.74) is 0.865. The molecule has 0 spiro atoms. The number of nitrogens with one attached hydrogen (secondary N) is 1. The Hall–Kier alpha value is -1.57. The molecule has 2 aromatic rings. The molecule has 2 heterocycles. The van der Waals surface area contributed by atoms with Gasteiger partial charge >= 0.3 is 0 Å². The fraction of sp³-hybridized carbons (Fsp3) is 0.375. The van der Waals surface area contributed by atoms with E-state index in [4.69, 9.17) is 9.47 Å². The second-order valence-electron chi connectivity index (χ2n) is 5.68. The van der Waals surface area contributed by atoms with Crippen LogP contribution in [0.3, 0.4) is 0 Å². The largest absolute Gasteiger partial charge is 0.486 e. The first kappa shape index (κ1) is 16.3. The van der Waals surface area contributed by atoms with Crippen LogP contribution >= 0.6 is 11.3 Å². The van der Waals surface area contributed by atoms with Gasteiger partial charge in [0.2, 0.25) is 0 Å². The van der Waals surface area contributed by atoms with Gasteiger partial charge < -0.3 is 9.47 Å². The first-order valence-corrected chi connectivity index (χ1v) is 9.79. The molecule has 0 unspecified atom stereocenters. The highest BCUT2D eigenvalue weighted by Gasteiger charge is 2.26.